The predicted octanol–water partition coefficient (Wildman–Crippen LogP) is -2.73. The van der Waals surface area contributed by atoms with Crippen molar-refractivity contribution in [3.8, 4) is 0 Å². The number of nitrogens with zero attached hydrogens (tertiary/aromatic N) is 1. The van der Waals surface area contributed by atoms with Gasteiger partial charge in [-0.25, -0.2) is 13.4 Å². The van der Waals surface area contributed by atoms with Crippen molar-refractivity contribution in [3.05, 3.63) is 23.9 Å². The molecule has 1 rings (SSSR count). The van der Waals surface area contributed by atoms with Gasteiger partial charge in [-0.15, -0.1) is 0 Å². The van der Waals surface area contributed by atoms with Crippen LogP contribution in [0.1, 0.15) is 5.56 Å². The Hall–Kier alpha value is -0.140. The van der Waals surface area contributed by atoms with Gasteiger partial charge in [0, 0.05) is 6.20 Å². The van der Waals surface area contributed by atoms with Crippen molar-refractivity contribution < 1.29 is 42.5 Å². The van der Waals surface area contributed by atoms with Gasteiger partial charge in [-0.1, -0.05) is 0 Å². The fourth-order valence-corrected chi connectivity index (χ4v) is 1.09. The Labute approximate surface area is 98.7 Å². The molecule has 0 amide bonds. The molecule has 0 aliphatic rings. The van der Waals surface area contributed by atoms with Gasteiger partial charge < -0.3 is 4.55 Å². The second-order valence-electron chi connectivity index (χ2n) is 2.27. The van der Waals surface area contributed by atoms with Crippen molar-refractivity contribution in [2.24, 2.45) is 0 Å². The fraction of sp³-hybridized carbons (Fsp3) is 0.167. The number of aryl methyl sites for hydroxylation is 1. The smallest absolute Gasteiger partial charge is 0.731 e. The Kier molecular flexibility index (Phi) is 4.87. The van der Waals surface area contributed by atoms with E-state index in [0.29, 0.717) is 0 Å². The zero-order valence-corrected chi connectivity index (χ0v) is 10.1. The molecule has 7 heteroatoms. The fourth-order valence-electron chi connectivity index (χ4n) is 0.720. The SMILES string of the molecule is Cc1ccnc(NS(=O)(=O)[O-])c1.[Na+]. The van der Waals surface area contributed by atoms with Gasteiger partial charge in [-0.3, -0.25) is 4.72 Å². The standard InChI is InChI=1S/C6H8N2O3S.Na/c1-5-2-3-7-6(4-5)8-12(9,10)11;/h2-4H,1H3,(H,7,8)(H,9,10,11);/q;+1/p-1. The van der Waals surface area contributed by atoms with Crippen molar-refractivity contribution >= 4 is 16.1 Å². The van der Waals surface area contributed by atoms with E-state index in [2.05, 4.69) is 4.98 Å². The molecular formula is C6H7N2NaO3S. The van der Waals surface area contributed by atoms with Crippen LogP contribution in [-0.4, -0.2) is 18.0 Å². The van der Waals surface area contributed by atoms with Crippen LogP contribution in [0.25, 0.3) is 0 Å². The van der Waals surface area contributed by atoms with E-state index in [1.165, 1.54) is 12.3 Å². The van der Waals surface area contributed by atoms with E-state index in [1.807, 2.05) is 0 Å². The maximum Gasteiger partial charge on any atom is 1.00 e. The van der Waals surface area contributed by atoms with Gasteiger partial charge >= 0.3 is 29.6 Å². The van der Waals surface area contributed by atoms with Gasteiger partial charge in [0.15, 0.2) is 10.3 Å². The van der Waals surface area contributed by atoms with Gasteiger partial charge in [0.25, 0.3) is 0 Å². The van der Waals surface area contributed by atoms with E-state index in [9.17, 15) is 13.0 Å². The van der Waals surface area contributed by atoms with Gasteiger partial charge in [-0.2, -0.15) is 0 Å². The summed E-state index contributed by atoms with van der Waals surface area (Å²) in [5.41, 5.74) is 0.830. The summed E-state index contributed by atoms with van der Waals surface area (Å²) in [6.45, 7) is 1.77. The molecule has 0 spiro atoms. The summed E-state index contributed by atoms with van der Waals surface area (Å²) in [7, 11) is -4.46. The first kappa shape index (κ1) is 12.9. The minimum Gasteiger partial charge on any atom is -0.731 e. The second kappa shape index (κ2) is 4.92. The van der Waals surface area contributed by atoms with Gasteiger partial charge in [0.1, 0.15) is 5.82 Å². The molecule has 0 radical (unpaired) electrons. The average molecular weight is 210 g/mol. The van der Waals surface area contributed by atoms with Crippen LogP contribution in [-0.2, 0) is 10.3 Å². The Morgan fingerprint density at radius 2 is 2.15 bits per heavy atom. The molecule has 5 nitrogen and oxygen atoms in total. The van der Waals surface area contributed by atoms with E-state index in [1.54, 1.807) is 17.7 Å². The Bertz CT molecular complexity index is 379. The molecule has 0 fully saturated rings. The summed E-state index contributed by atoms with van der Waals surface area (Å²) in [4.78, 5) is 3.63. The topological polar surface area (TPSA) is 82.1 Å². The van der Waals surface area contributed by atoms with Gasteiger partial charge in [-0.05, 0) is 24.6 Å². The van der Waals surface area contributed by atoms with E-state index < -0.39 is 10.3 Å². The largest absolute Gasteiger partial charge is 1.00 e. The van der Waals surface area contributed by atoms with Crippen LogP contribution < -0.4 is 34.3 Å². The van der Waals surface area contributed by atoms with Crippen molar-refractivity contribution in [1.29, 1.82) is 0 Å². The van der Waals surface area contributed by atoms with E-state index in [-0.39, 0.29) is 35.4 Å². The number of pyridine rings is 1. The van der Waals surface area contributed by atoms with Gasteiger partial charge in [0.05, 0.1) is 0 Å². The molecule has 0 aliphatic heterocycles. The first-order valence-corrected chi connectivity index (χ1v) is 4.54. The van der Waals surface area contributed by atoms with Crippen molar-refractivity contribution in [1.82, 2.24) is 4.98 Å². The molecule has 0 bridgehead atoms. The Morgan fingerprint density at radius 1 is 1.54 bits per heavy atom. The number of hydrogen-bond donors (Lipinski definition) is 1. The molecule has 1 aromatic rings. The molecule has 1 N–H and O–H groups in total. The molecule has 66 valence electrons. The molecule has 0 unspecified atom stereocenters. The third kappa shape index (κ3) is 5.22. The van der Waals surface area contributed by atoms with Crippen molar-refractivity contribution in [3.63, 3.8) is 0 Å². The number of hydrogen-bond acceptors (Lipinski definition) is 4. The van der Waals surface area contributed by atoms with E-state index in [4.69, 9.17) is 0 Å². The maximum absolute atomic E-state index is 10.2. The van der Waals surface area contributed by atoms with Crippen LogP contribution >= 0.6 is 0 Å². The maximum atomic E-state index is 10.2. The van der Waals surface area contributed by atoms with Gasteiger partial charge in [0.2, 0.25) is 0 Å². The normalized spacial score (nSPS) is 10.3. The summed E-state index contributed by atoms with van der Waals surface area (Å²) < 4.78 is 32.3. The summed E-state index contributed by atoms with van der Waals surface area (Å²) in [6.07, 6.45) is 1.42. The van der Waals surface area contributed by atoms with Crippen LogP contribution in [0.5, 0.6) is 0 Å². The zero-order chi connectivity index (χ0) is 9.19. The Morgan fingerprint density at radius 3 is 2.62 bits per heavy atom. The predicted molar refractivity (Wildman–Crippen MR) is 42.3 cm³/mol. The molecule has 0 saturated heterocycles. The second-order valence-corrected chi connectivity index (χ2v) is 3.39. The first-order chi connectivity index (χ1) is 5.47. The molecular weight excluding hydrogens is 203 g/mol. The number of nitrogens with one attached hydrogen (secondary N) is 1. The van der Waals surface area contributed by atoms with Crippen LogP contribution in [0.3, 0.4) is 0 Å². The zero-order valence-electron chi connectivity index (χ0n) is 7.31. The monoisotopic (exact) mass is 210 g/mol. The number of aromatic nitrogens is 1. The molecule has 1 heterocycles. The van der Waals surface area contributed by atoms with Crippen LogP contribution in [0.2, 0.25) is 0 Å². The molecule has 1 aromatic heterocycles. The number of anilines is 1. The third-order valence-electron chi connectivity index (χ3n) is 1.15. The van der Waals surface area contributed by atoms with Crippen LogP contribution in [0.4, 0.5) is 5.82 Å². The molecule has 0 saturated carbocycles. The quantitative estimate of drug-likeness (QED) is 0.424. The molecule has 0 aromatic carbocycles. The average Bonchev–Trinajstić information content (AvgIpc) is 1.82. The molecule has 13 heavy (non-hydrogen) atoms. The van der Waals surface area contributed by atoms with E-state index in [0.717, 1.165) is 5.56 Å². The number of rotatable bonds is 2. The third-order valence-corrected chi connectivity index (χ3v) is 1.60. The summed E-state index contributed by atoms with van der Waals surface area (Å²) in [5.74, 6) is 0.0463. The van der Waals surface area contributed by atoms with Crippen molar-refractivity contribution in [2.75, 3.05) is 4.72 Å². The summed E-state index contributed by atoms with van der Waals surface area (Å²) in [6, 6.07) is 3.16. The molecule has 0 aliphatic carbocycles. The summed E-state index contributed by atoms with van der Waals surface area (Å²) >= 11 is 0. The minimum absolute atomic E-state index is 0. The first-order valence-electron chi connectivity index (χ1n) is 3.14. The Balaban J connectivity index is 0.00000144. The molecule has 0 atom stereocenters. The van der Waals surface area contributed by atoms with Crippen molar-refractivity contribution in [2.45, 2.75) is 6.92 Å². The van der Waals surface area contributed by atoms with Crippen LogP contribution in [0, 0.1) is 6.92 Å². The minimum atomic E-state index is -4.46. The van der Waals surface area contributed by atoms with Crippen LogP contribution in [0.15, 0.2) is 18.3 Å². The van der Waals surface area contributed by atoms with E-state index >= 15 is 0 Å². The summed E-state index contributed by atoms with van der Waals surface area (Å²) in [5, 5.41) is 0.